The second kappa shape index (κ2) is 8.90. The molecule has 168 valence electrons. The SMILES string of the molecule is CCOC(=O)c1nn(Cc2cccc(OC)c2)c2c1CN(C(=O)c1[nH]c(C)cc1C)CC2. The molecular weight excluding hydrogens is 408 g/mol. The average molecular weight is 437 g/mol. The largest absolute Gasteiger partial charge is 0.497 e. The molecule has 0 unspecified atom stereocenters. The van der Waals surface area contributed by atoms with Gasteiger partial charge >= 0.3 is 5.97 Å². The number of carbonyl (C=O) groups excluding carboxylic acids is 2. The quantitative estimate of drug-likeness (QED) is 0.599. The van der Waals surface area contributed by atoms with Crippen molar-refractivity contribution in [1.29, 1.82) is 0 Å². The average Bonchev–Trinajstić information content (AvgIpc) is 3.32. The van der Waals surface area contributed by atoms with Crippen molar-refractivity contribution in [3.63, 3.8) is 0 Å². The second-order valence-corrected chi connectivity index (χ2v) is 7.99. The zero-order chi connectivity index (χ0) is 22.8. The van der Waals surface area contributed by atoms with Crippen LogP contribution in [0, 0.1) is 13.8 Å². The van der Waals surface area contributed by atoms with Gasteiger partial charge in [0, 0.05) is 29.9 Å². The van der Waals surface area contributed by atoms with E-state index in [4.69, 9.17) is 9.47 Å². The molecule has 0 atom stereocenters. The molecule has 1 amide bonds. The van der Waals surface area contributed by atoms with Crippen LogP contribution in [-0.4, -0.2) is 51.8 Å². The van der Waals surface area contributed by atoms with Crippen LogP contribution in [0.4, 0.5) is 0 Å². The minimum atomic E-state index is -0.464. The van der Waals surface area contributed by atoms with Crippen molar-refractivity contribution in [3.8, 4) is 5.75 Å². The molecule has 0 aliphatic carbocycles. The predicted octanol–water partition coefficient (Wildman–Crippen LogP) is 3.26. The first kappa shape index (κ1) is 21.7. The van der Waals surface area contributed by atoms with E-state index in [-0.39, 0.29) is 18.2 Å². The van der Waals surface area contributed by atoms with Crippen LogP contribution in [0.2, 0.25) is 0 Å². The van der Waals surface area contributed by atoms with Gasteiger partial charge in [-0.25, -0.2) is 4.79 Å². The smallest absolute Gasteiger partial charge is 0.359 e. The highest BCUT2D eigenvalue weighted by Crippen LogP contribution is 2.26. The Labute approximate surface area is 187 Å². The maximum atomic E-state index is 13.2. The van der Waals surface area contributed by atoms with Gasteiger partial charge in [-0.2, -0.15) is 5.10 Å². The van der Waals surface area contributed by atoms with Crippen molar-refractivity contribution in [2.24, 2.45) is 0 Å². The van der Waals surface area contributed by atoms with Gasteiger partial charge in [0.2, 0.25) is 0 Å². The van der Waals surface area contributed by atoms with Crippen molar-refractivity contribution in [3.05, 3.63) is 69.8 Å². The van der Waals surface area contributed by atoms with E-state index in [2.05, 4.69) is 10.1 Å². The van der Waals surface area contributed by atoms with Crippen LogP contribution >= 0.6 is 0 Å². The Hall–Kier alpha value is -3.55. The molecule has 4 rings (SSSR count). The molecule has 3 heterocycles. The molecule has 1 aromatic carbocycles. The minimum Gasteiger partial charge on any atom is -0.497 e. The number of nitrogens with one attached hydrogen (secondary N) is 1. The number of nitrogens with zero attached hydrogens (tertiary/aromatic N) is 3. The maximum absolute atomic E-state index is 13.2. The van der Waals surface area contributed by atoms with Crippen molar-refractivity contribution in [1.82, 2.24) is 19.7 Å². The lowest BCUT2D eigenvalue weighted by atomic mass is 10.0. The number of aromatic amines is 1. The zero-order valence-corrected chi connectivity index (χ0v) is 18.9. The first-order valence-electron chi connectivity index (χ1n) is 10.7. The predicted molar refractivity (Wildman–Crippen MR) is 119 cm³/mol. The molecule has 0 saturated carbocycles. The molecule has 3 aromatic rings. The monoisotopic (exact) mass is 436 g/mol. The number of amides is 1. The van der Waals surface area contributed by atoms with Gasteiger partial charge in [-0.3, -0.25) is 9.48 Å². The fourth-order valence-corrected chi connectivity index (χ4v) is 4.21. The Morgan fingerprint density at radius 3 is 2.72 bits per heavy atom. The second-order valence-electron chi connectivity index (χ2n) is 7.99. The highest BCUT2D eigenvalue weighted by atomic mass is 16.5. The van der Waals surface area contributed by atoms with Crippen molar-refractivity contribution >= 4 is 11.9 Å². The Kier molecular flexibility index (Phi) is 6.03. The number of ether oxygens (including phenoxy) is 2. The molecule has 1 aliphatic rings. The number of hydrogen-bond acceptors (Lipinski definition) is 5. The van der Waals surface area contributed by atoms with Gasteiger partial charge in [0.15, 0.2) is 5.69 Å². The molecule has 0 saturated heterocycles. The zero-order valence-electron chi connectivity index (χ0n) is 18.9. The van der Waals surface area contributed by atoms with Gasteiger partial charge in [-0.05, 0) is 50.1 Å². The Balaban J connectivity index is 1.66. The van der Waals surface area contributed by atoms with E-state index in [1.54, 1.807) is 18.9 Å². The van der Waals surface area contributed by atoms with Crippen LogP contribution in [0.5, 0.6) is 5.75 Å². The van der Waals surface area contributed by atoms with Crippen molar-refractivity contribution < 1.29 is 19.1 Å². The summed E-state index contributed by atoms with van der Waals surface area (Å²) in [6, 6.07) is 9.72. The topological polar surface area (TPSA) is 89.4 Å². The molecule has 0 bridgehead atoms. The summed E-state index contributed by atoms with van der Waals surface area (Å²) < 4.78 is 12.4. The number of aromatic nitrogens is 3. The van der Waals surface area contributed by atoms with Gasteiger partial charge in [0.25, 0.3) is 5.91 Å². The van der Waals surface area contributed by atoms with Crippen LogP contribution in [-0.2, 0) is 24.2 Å². The Morgan fingerprint density at radius 1 is 1.22 bits per heavy atom. The van der Waals surface area contributed by atoms with E-state index in [0.29, 0.717) is 31.7 Å². The summed E-state index contributed by atoms with van der Waals surface area (Å²) in [7, 11) is 1.63. The first-order valence-corrected chi connectivity index (χ1v) is 10.7. The third-order valence-electron chi connectivity index (χ3n) is 5.72. The fraction of sp³-hybridized carbons (Fsp3) is 0.375. The number of methoxy groups -OCH3 is 1. The number of rotatable bonds is 6. The molecule has 0 fully saturated rings. The highest BCUT2D eigenvalue weighted by Gasteiger charge is 2.32. The molecular formula is C24H28N4O4. The molecule has 0 spiro atoms. The normalized spacial score (nSPS) is 13.1. The number of benzene rings is 1. The van der Waals surface area contributed by atoms with E-state index >= 15 is 0 Å². The number of carbonyl (C=O) groups is 2. The molecule has 1 N–H and O–H groups in total. The summed E-state index contributed by atoms with van der Waals surface area (Å²) in [5.41, 5.74) is 5.46. The highest BCUT2D eigenvalue weighted by molar-refractivity contribution is 5.95. The summed E-state index contributed by atoms with van der Waals surface area (Å²) in [6.07, 6.45) is 0.607. The van der Waals surface area contributed by atoms with Crippen LogP contribution in [0.15, 0.2) is 30.3 Å². The van der Waals surface area contributed by atoms with Gasteiger partial charge in [-0.15, -0.1) is 0 Å². The van der Waals surface area contributed by atoms with E-state index in [1.165, 1.54) is 0 Å². The summed E-state index contributed by atoms with van der Waals surface area (Å²) in [6.45, 7) is 7.25. The number of H-pyrrole nitrogens is 1. The molecule has 8 heteroatoms. The summed E-state index contributed by atoms with van der Waals surface area (Å²) in [5, 5.41) is 4.60. The van der Waals surface area contributed by atoms with Gasteiger partial charge in [-0.1, -0.05) is 12.1 Å². The maximum Gasteiger partial charge on any atom is 0.359 e. The first-order chi connectivity index (χ1) is 15.4. The van der Waals surface area contributed by atoms with E-state index in [0.717, 1.165) is 33.8 Å². The lowest BCUT2D eigenvalue weighted by Gasteiger charge is -2.28. The number of aryl methyl sites for hydroxylation is 2. The number of esters is 1. The third kappa shape index (κ3) is 4.12. The van der Waals surface area contributed by atoms with Gasteiger partial charge in [0.05, 0.1) is 26.8 Å². The summed E-state index contributed by atoms with van der Waals surface area (Å²) in [5.74, 6) is 0.230. The third-order valence-corrected chi connectivity index (χ3v) is 5.72. The number of hydrogen-bond donors (Lipinski definition) is 1. The number of fused-ring (bicyclic) bond motifs is 1. The Morgan fingerprint density at radius 2 is 2.03 bits per heavy atom. The van der Waals surface area contributed by atoms with E-state index in [9.17, 15) is 9.59 Å². The summed E-state index contributed by atoms with van der Waals surface area (Å²) in [4.78, 5) is 30.7. The molecule has 1 aliphatic heterocycles. The van der Waals surface area contributed by atoms with Crippen molar-refractivity contribution in [2.75, 3.05) is 20.3 Å². The summed E-state index contributed by atoms with van der Waals surface area (Å²) >= 11 is 0. The standard InChI is InChI=1S/C24H28N4O4/c1-5-32-24(30)22-19-14-27(23(29)21-15(2)11-16(3)25-21)10-9-20(19)28(26-22)13-17-7-6-8-18(12-17)31-4/h6-8,11-12,25H,5,9-10,13-14H2,1-4H3. The lowest BCUT2D eigenvalue weighted by Crippen LogP contribution is -2.37. The molecule has 8 nitrogen and oxygen atoms in total. The van der Waals surface area contributed by atoms with Crippen LogP contribution in [0.1, 0.15) is 56.0 Å². The minimum absolute atomic E-state index is 0.0726. The van der Waals surface area contributed by atoms with Gasteiger partial charge < -0.3 is 19.4 Å². The van der Waals surface area contributed by atoms with Crippen molar-refractivity contribution in [2.45, 2.75) is 40.3 Å². The van der Waals surface area contributed by atoms with Crippen LogP contribution in [0.25, 0.3) is 0 Å². The van der Waals surface area contributed by atoms with E-state index in [1.807, 2.05) is 48.9 Å². The molecule has 0 radical (unpaired) electrons. The van der Waals surface area contributed by atoms with Gasteiger partial charge in [0.1, 0.15) is 11.4 Å². The van der Waals surface area contributed by atoms with E-state index < -0.39 is 5.97 Å². The van der Waals surface area contributed by atoms with Crippen LogP contribution in [0.3, 0.4) is 0 Å². The Bertz CT molecular complexity index is 1160. The lowest BCUT2D eigenvalue weighted by molar-refractivity contribution is 0.0513. The molecule has 2 aromatic heterocycles. The molecule has 32 heavy (non-hydrogen) atoms. The van der Waals surface area contributed by atoms with Crippen LogP contribution < -0.4 is 4.74 Å². The fourth-order valence-electron chi connectivity index (χ4n) is 4.21.